The normalized spacial score (nSPS) is 22.1. The summed E-state index contributed by atoms with van der Waals surface area (Å²) >= 11 is 0. The van der Waals surface area contributed by atoms with Crippen LogP contribution in [-0.2, 0) is 0 Å². The Labute approximate surface area is 128 Å². The van der Waals surface area contributed by atoms with Crippen molar-refractivity contribution < 1.29 is 4.79 Å². The Morgan fingerprint density at radius 1 is 1.29 bits per heavy atom. The third-order valence-corrected chi connectivity index (χ3v) is 4.12. The molecule has 1 aliphatic heterocycles. The molecule has 21 heavy (non-hydrogen) atoms. The number of para-hydroxylation sites is 1. The lowest BCUT2D eigenvalue weighted by atomic mass is 10.1. The molecule has 116 valence electrons. The zero-order chi connectivity index (χ0) is 15.6. The van der Waals surface area contributed by atoms with E-state index < -0.39 is 0 Å². The molecule has 1 aromatic carbocycles. The van der Waals surface area contributed by atoms with Crippen LogP contribution in [0.15, 0.2) is 24.3 Å². The number of hydrogen-bond donors (Lipinski definition) is 1. The number of nitrogens with zero attached hydrogens (tertiary/aromatic N) is 2. The summed E-state index contributed by atoms with van der Waals surface area (Å²) in [5.74, 6) is 0.643. The summed E-state index contributed by atoms with van der Waals surface area (Å²) in [5, 5.41) is 3.36. The number of benzene rings is 1. The smallest absolute Gasteiger partial charge is 0.256 e. The van der Waals surface area contributed by atoms with Crippen LogP contribution in [0.25, 0.3) is 0 Å². The Bertz CT molecular complexity index is 499. The van der Waals surface area contributed by atoms with Gasteiger partial charge in [0.15, 0.2) is 0 Å². The largest absolute Gasteiger partial charge is 0.382 e. The van der Waals surface area contributed by atoms with Gasteiger partial charge in [-0.1, -0.05) is 19.1 Å². The highest BCUT2D eigenvalue weighted by molar-refractivity contribution is 5.99. The first-order valence-corrected chi connectivity index (χ1v) is 7.71. The standard InChI is InChI=1S/C17H27N3O/c1-12(2)18-15-9-7-6-8-14(15)17(21)20-10-13(3)16(11-20)19(4)5/h6-9,12-13,16,18H,10-11H2,1-5H3. The van der Waals surface area contributed by atoms with Crippen LogP contribution in [0.1, 0.15) is 31.1 Å². The van der Waals surface area contributed by atoms with Gasteiger partial charge in [0.05, 0.1) is 5.56 Å². The van der Waals surface area contributed by atoms with E-state index in [0.29, 0.717) is 18.0 Å². The van der Waals surface area contributed by atoms with E-state index in [1.165, 1.54) is 0 Å². The Balaban J connectivity index is 2.18. The molecule has 1 aliphatic rings. The monoisotopic (exact) mass is 289 g/mol. The maximum Gasteiger partial charge on any atom is 0.256 e. The van der Waals surface area contributed by atoms with Gasteiger partial charge in [0.25, 0.3) is 5.91 Å². The molecular formula is C17H27N3O. The van der Waals surface area contributed by atoms with Crippen molar-refractivity contribution in [3.05, 3.63) is 29.8 Å². The Morgan fingerprint density at radius 3 is 2.52 bits per heavy atom. The Morgan fingerprint density at radius 2 is 1.95 bits per heavy atom. The van der Waals surface area contributed by atoms with Crippen LogP contribution >= 0.6 is 0 Å². The summed E-state index contributed by atoms with van der Waals surface area (Å²) in [6.45, 7) is 8.03. The molecule has 0 saturated carbocycles. The van der Waals surface area contributed by atoms with Crippen LogP contribution in [-0.4, -0.2) is 55.0 Å². The second-order valence-corrected chi connectivity index (χ2v) is 6.56. The number of anilines is 1. The maximum atomic E-state index is 12.8. The van der Waals surface area contributed by atoms with Crippen molar-refractivity contribution in [2.24, 2.45) is 5.92 Å². The van der Waals surface area contributed by atoms with E-state index >= 15 is 0 Å². The molecule has 1 fully saturated rings. The van der Waals surface area contributed by atoms with Gasteiger partial charge in [-0.15, -0.1) is 0 Å². The number of amides is 1. The zero-order valence-corrected chi connectivity index (χ0v) is 13.8. The summed E-state index contributed by atoms with van der Waals surface area (Å²) < 4.78 is 0. The number of likely N-dealkylation sites (tertiary alicyclic amines) is 1. The fourth-order valence-corrected chi connectivity index (χ4v) is 3.06. The van der Waals surface area contributed by atoms with Gasteiger partial charge in [-0.3, -0.25) is 4.79 Å². The van der Waals surface area contributed by atoms with Crippen LogP contribution in [0.3, 0.4) is 0 Å². The average molecular weight is 289 g/mol. The predicted octanol–water partition coefficient (Wildman–Crippen LogP) is 2.53. The molecule has 1 N–H and O–H groups in total. The van der Waals surface area contributed by atoms with Gasteiger partial charge in [0.1, 0.15) is 0 Å². The minimum atomic E-state index is 0.134. The first-order valence-electron chi connectivity index (χ1n) is 7.71. The molecule has 2 atom stereocenters. The highest BCUT2D eigenvalue weighted by atomic mass is 16.2. The van der Waals surface area contributed by atoms with E-state index in [1.807, 2.05) is 29.2 Å². The van der Waals surface area contributed by atoms with Gasteiger partial charge >= 0.3 is 0 Å². The summed E-state index contributed by atoms with van der Waals surface area (Å²) in [6, 6.07) is 8.56. The summed E-state index contributed by atoms with van der Waals surface area (Å²) in [4.78, 5) is 17.0. The Hall–Kier alpha value is -1.55. The molecule has 0 radical (unpaired) electrons. The summed E-state index contributed by atoms with van der Waals surface area (Å²) in [5.41, 5.74) is 1.70. The van der Waals surface area contributed by atoms with Gasteiger partial charge < -0.3 is 15.1 Å². The van der Waals surface area contributed by atoms with Gasteiger partial charge in [0, 0.05) is 30.9 Å². The van der Waals surface area contributed by atoms with Crippen LogP contribution in [0.5, 0.6) is 0 Å². The van der Waals surface area contributed by atoms with Crippen molar-refractivity contribution in [1.29, 1.82) is 0 Å². The molecule has 2 unspecified atom stereocenters. The number of nitrogens with one attached hydrogen (secondary N) is 1. The van der Waals surface area contributed by atoms with Crippen LogP contribution < -0.4 is 5.32 Å². The van der Waals surface area contributed by atoms with Crippen LogP contribution in [0.2, 0.25) is 0 Å². The SMILES string of the molecule is CC(C)Nc1ccccc1C(=O)N1CC(C)C(N(C)C)C1. The van der Waals surface area contributed by atoms with E-state index in [9.17, 15) is 4.79 Å². The zero-order valence-electron chi connectivity index (χ0n) is 13.8. The van der Waals surface area contributed by atoms with Gasteiger partial charge in [-0.05, 0) is 46.0 Å². The molecule has 4 nitrogen and oxygen atoms in total. The summed E-state index contributed by atoms with van der Waals surface area (Å²) in [7, 11) is 4.17. The summed E-state index contributed by atoms with van der Waals surface area (Å²) in [6.07, 6.45) is 0. The molecular weight excluding hydrogens is 262 g/mol. The van der Waals surface area contributed by atoms with Gasteiger partial charge in [-0.25, -0.2) is 0 Å². The average Bonchev–Trinajstić information content (AvgIpc) is 2.80. The molecule has 1 saturated heterocycles. The van der Waals surface area contributed by atoms with E-state index in [1.54, 1.807) is 0 Å². The molecule has 0 aliphatic carbocycles. The number of carbonyl (C=O) groups excluding carboxylic acids is 1. The Kier molecular flexibility index (Phi) is 4.88. The van der Waals surface area contributed by atoms with Crippen molar-refractivity contribution in [1.82, 2.24) is 9.80 Å². The lowest BCUT2D eigenvalue weighted by Crippen LogP contribution is -2.36. The molecule has 2 rings (SSSR count). The van der Waals surface area contributed by atoms with E-state index in [2.05, 4.69) is 45.1 Å². The fourth-order valence-electron chi connectivity index (χ4n) is 3.06. The van der Waals surface area contributed by atoms with Crippen molar-refractivity contribution in [3.8, 4) is 0 Å². The highest BCUT2D eigenvalue weighted by Gasteiger charge is 2.34. The van der Waals surface area contributed by atoms with Gasteiger partial charge in [0.2, 0.25) is 0 Å². The maximum absolute atomic E-state index is 12.8. The van der Waals surface area contributed by atoms with Crippen LogP contribution in [0.4, 0.5) is 5.69 Å². The first-order chi connectivity index (χ1) is 9.90. The molecule has 0 spiro atoms. The second kappa shape index (κ2) is 6.48. The highest BCUT2D eigenvalue weighted by Crippen LogP contribution is 2.24. The predicted molar refractivity (Wildman–Crippen MR) is 87.7 cm³/mol. The van der Waals surface area contributed by atoms with E-state index in [-0.39, 0.29) is 5.91 Å². The quantitative estimate of drug-likeness (QED) is 0.925. The first kappa shape index (κ1) is 15.8. The second-order valence-electron chi connectivity index (χ2n) is 6.56. The minimum Gasteiger partial charge on any atom is -0.382 e. The molecule has 0 bridgehead atoms. The van der Waals surface area contributed by atoms with Gasteiger partial charge in [-0.2, -0.15) is 0 Å². The number of carbonyl (C=O) groups is 1. The van der Waals surface area contributed by atoms with Crippen molar-refractivity contribution >= 4 is 11.6 Å². The third-order valence-electron chi connectivity index (χ3n) is 4.12. The molecule has 1 aromatic rings. The van der Waals surface area contributed by atoms with Crippen molar-refractivity contribution in [2.45, 2.75) is 32.9 Å². The minimum absolute atomic E-state index is 0.134. The molecule has 4 heteroatoms. The van der Waals surface area contributed by atoms with E-state index in [0.717, 1.165) is 24.3 Å². The van der Waals surface area contributed by atoms with Crippen molar-refractivity contribution in [2.75, 3.05) is 32.5 Å². The number of rotatable bonds is 4. The van der Waals surface area contributed by atoms with Crippen LogP contribution in [0, 0.1) is 5.92 Å². The molecule has 1 heterocycles. The lowest BCUT2D eigenvalue weighted by molar-refractivity contribution is 0.0782. The van der Waals surface area contributed by atoms with E-state index in [4.69, 9.17) is 0 Å². The molecule has 0 aromatic heterocycles. The number of likely N-dealkylation sites (N-methyl/N-ethyl adjacent to an activating group) is 1. The topological polar surface area (TPSA) is 35.6 Å². The third kappa shape index (κ3) is 3.56. The lowest BCUT2D eigenvalue weighted by Gasteiger charge is -2.23. The van der Waals surface area contributed by atoms with Crippen molar-refractivity contribution in [3.63, 3.8) is 0 Å². The number of hydrogen-bond acceptors (Lipinski definition) is 3. The molecule has 1 amide bonds. The fraction of sp³-hybridized carbons (Fsp3) is 0.588.